The lowest BCUT2D eigenvalue weighted by molar-refractivity contribution is 0.0784. The van der Waals surface area contributed by atoms with E-state index in [1.54, 1.807) is 4.90 Å². The molecule has 1 aromatic heterocycles. The van der Waals surface area contributed by atoms with Gasteiger partial charge in [0.05, 0.1) is 6.61 Å². The fourth-order valence-corrected chi connectivity index (χ4v) is 4.72. The Hall–Kier alpha value is -3.18. The van der Waals surface area contributed by atoms with Gasteiger partial charge in [-0.25, -0.2) is 0 Å². The molecule has 1 saturated heterocycles. The summed E-state index contributed by atoms with van der Waals surface area (Å²) in [5.41, 5.74) is 6.09. The molecule has 2 aromatic carbocycles. The third-order valence-corrected chi connectivity index (χ3v) is 6.48. The van der Waals surface area contributed by atoms with Gasteiger partial charge in [0.25, 0.3) is 5.91 Å². The molecule has 5 heteroatoms. The van der Waals surface area contributed by atoms with Crippen LogP contribution in [0.25, 0.3) is 11.1 Å². The minimum Gasteiger partial charge on any atom is -0.508 e. The molecule has 2 N–H and O–H groups in total. The number of hydrogen-bond donors (Lipinski definition) is 2. The zero-order chi connectivity index (χ0) is 21.4. The first-order chi connectivity index (χ1) is 15.1. The molecule has 1 amide bonds. The monoisotopic (exact) mass is 414 g/mol. The summed E-state index contributed by atoms with van der Waals surface area (Å²) in [7, 11) is 0. The summed E-state index contributed by atoms with van der Waals surface area (Å²) in [5, 5.41) is 19.7. The van der Waals surface area contributed by atoms with Crippen LogP contribution in [0.15, 0.2) is 60.8 Å². The number of likely N-dealkylation sites (tertiary alicyclic amines) is 1. The van der Waals surface area contributed by atoms with Crippen molar-refractivity contribution in [1.82, 2.24) is 9.88 Å². The van der Waals surface area contributed by atoms with E-state index in [4.69, 9.17) is 0 Å². The van der Waals surface area contributed by atoms with Crippen molar-refractivity contribution in [2.45, 2.75) is 37.7 Å². The van der Waals surface area contributed by atoms with E-state index in [1.165, 1.54) is 42.3 Å². The number of carbonyl (C=O) groups excluding carboxylic acids is 1. The Labute approximate surface area is 182 Å². The van der Waals surface area contributed by atoms with Crippen molar-refractivity contribution in [1.29, 1.82) is 0 Å². The van der Waals surface area contributed by atoms with Crippen molar-refractivity contribution < 1.29 is 15.0 Å². The molecule has 158 valence electrons. The second-order valence-electron chi connectivity index (χ2n) is 8.57. The minimum atomic E-state index is -0.168. The van der Waals surface area contributed by atoms with Crippen LogP contribution in [0.3, 0.4) is 0 Å². The fraction of sp³-hybridized carbons (Fsp3) is 0.308. The highest BCUT2D eigenvalue weighted by molar-refractivity contribution is 5.92. The van der Waals surface area contributed by atoms with Gasteiger partial charge in [0.2, 0.25) is 0 Å². The van der Waals surface area contributed by atoms with Crippen LogP contribution < -0.4 is 0 Å². The van der Waals surface area contributed by atoms with Gasteiger partial charge in [0, 0.05) is 31.3 Å². The van der Waals surface area contributed by atoms with Crippen LogP contribution in [0.2, 0.25) is 0 Å². The Bertz CT molecular complexity index is 1120. The lowest BCUT2D eigenvalue weighted by atomic mass is 9.89. The van der Waals surface area contributed by atoms with Crippen LogP contribution in [0, 0.1) is 0 Å². The first-order valence-electron chi connectivity index (χ1n) is 10.9. The summed E-state index contributed by atoms with van der Waals surface area (Å²) in [6.07, 6.45) is 4.79. The van der Waals surface area contributed by atoms with Crippen LogP contribution in [-0.4, -0.2) is 39.1 Å². The van der Waals surface area contributed by atoms with E-state index in [9.17, 15) is 15.0 Å². The van der Waals surface area contributed by atoms with Crippen molar-refractivity contribution in [3.63, 3.8) is 0 Å². The topological polar surface area (TPSA) is 73.7 Å². The maximum Gasteiger partial charge on any atom is 0.272 e. The van der Waals surface area contributed by atoms with E-state index >= 15 is 0 Å². The van der Waals surface area contributed by atoms with Gasteiger partial charge in [-0.15, -0.1) is 0 Å². The maximum absolute atomic E-state index is 12.8. The highest BCUT2D eigenvalue weighted by Gasteiger charge is 2.30. The number of hydrogen-bond acceptors (Lipinski definition) is 4. The SMILES string of the molecule is O=C(c1cc(O)ccn1)N1CCC(c2ccc(-c3ccccc3C3CC3)cc2CO)C1. The number of nitrogens with zero attached hydrogens (tertiary/aromatic N) is 2. The highest BCUT2D eigenvalue weighted by atomic mass is 16.3. The van der Waals surface area contributed by atoms with Crippen LogP contribution >= 0.6 is 0 Å². The van der Waals surface area contributed by atoms with Gasteiger partial charge < -0.3 is 15.1 Å². The quantitative estimate of drug-likeness (QED) is 0.647. The molecule has 5 nitrogen and oxygen atoms in total. The first-order valence-corrected chi connectivity index (χ1v) is 10.9. The van der Waals surface area contributed by atoms with Crippen molar-refractivity contribution >= 4 is 5.91 Å². The lowest BCUT2D eigenvalue weighted by Gasteiger charge is -2.19. The van der Waals surface area contributed by atoms with E-state index < -0.39 is 0 Å². The largest absolute Gasteiger partial charge is 0.508 e. The Morgan fingerprint density at radius 1 is 1.00 bits per heavy atom. The number of aromatic nitrogens is 1. The Kier molecular flexibility index (Phi) is 5.20. The molecule has 1 atom stereocenters. The number of carbonyl (C=O) groups is 1. The number of pyridine rings is 1. The Morgan fingerprint density at radius 2 is 1.84 bits per heavy atom. The molecule has 1 aliphatic carbocycles. The fourth-order valence-electron chi connectivity index (χ4n) is 4.72. The number of aromatic hydroxyl groups is 1. The average Bonchev–Trinajstić information content (AvgIpc) is 3.54. The molecule has 31 heavy (non-hydrogen) atoms. The van der Waals surface area contributed by atoms with Gasteiger partial charge in [-0.2, -0.15) is 0 Å². The molecule has 0 radical (unpaired) electrons. The molecule has 0 spiro atoms. The molecule has 2 aliphatic rings. The Balaban J connectivity index is 1.38. The number of benzene rings is 2. The van der Waals surface area contributed by atoms with Gasteiger partial charge in [0.15, 0.2) is 0 Å². The van der Waals surface area contributed by atoms with Crippen molar-refractivity contribution in [3.05, 3.63) is 83.2 Å². The third-order valence-electron chi connectivity index (χ3n) is 6.48. The number of aliphatic hydroxyl groups is 1. The normalized spacial score (nSPS) is 18.4. The van der Waals surface area contributed by atoms with E-state index in [2.05, 4.69) is 47.4 Å². The van der Waals surface area contributed by atoms with E-state index in [0.717, 1.165) is 23.1 Å². The van der Waals surface area contributed by atoms with Crippen LogP contribution in [0.1, 0.15) is 58.3 Å². The average molecular weight is 415 g/mol. The van der Waals surface area contributed by atoms with Crippen molar-refractivity contribution in [2.24, 2.45) is 0 Å². The predicted molar refractivity (Wildman–Crippen MR) is 119 cm³/mol. The second kappa shape index (κ2) is 8.16. The summed E-state index contributed by atoms with van der Waals surface area (Å²) in [5.74, 6) is 0.711. The highest BCUT2D eigenvalue weighted by Crippen LogP contribution is 2.44. The molecular weight excluding hydrogens is 388 g/mol. The molecular formula is C26H26N2O3. The van der Waals surface area contributed by atoms with E-state index in [0.29, 0.717) is 19.0 Å². The predicted octanol–water partition coefficient (Wildman–Crippen LogP) is 4.45. The molecule has 1 unspecified atom stereocenters. The summed E-state index contributed by atoms with van der Waals surface area (Å²) >= 11 is 0. The van der Waals surface area contributed by atoms with Gasteiger partial charge in [-0.05, 0) is 65.1 Å². The molecule has 0 bridgehead atoms. The van der Waals surface area contributed by atoms with E-state index in [1.807, 2.05) is 0 Å². The molecule has 1 aliphatic heterocycles. The van der Waals surface area contributed by atoms with E-state index in [-0.39, 0.29) is 29.9 Å². The smallest absolute Gasteiger partial charge is 0.272 e. The van der Waals surface area contributed by atoms with Crippen molar-refractivity contribution in [2.75, 3.05) is 13.1 Å². The summed E-state index contributed by atoms with van der Waals surface area (Å²) in [4.78, 5) is 18.7. The van der Waals surface area contributed by atoms with Gasteiger partial charge in [-0.1, -0.05) is 36.4 Å². The zero-order valence-corrected chi connectivity index (χ0v) is 17.4. The number of aliphatic hydroxyl groups excluding tert-OH is 1. The summed E-state index contributed by atoms with van der Waals surface area (Å²) in [6.45, 7) is 1.20. The zero-order valence-electron chi connectivity index (χ0n) is 17.4. The van der Waals surface area contributed by atoms with Crippen molar-refractivity contribution in [3.8, 4) is 16.9 Å². The van der Waals surface area contributed by atoms with Crippen LogP contribution in [-0.2, 0) is 6.61 Å². The van der Waals surface area contributed by atoms with Gasteiger partial charge in [0.1, 0.15) is 11.4 Å². The maximum atomic E-state index is 12.8. The molecule has 1 saturated carbocycles. The Morgan fingerprint density at radius 3 is 2.61 bits per heavy atom. The second-order valence-corrected chi connectivity index (χ2v) is 8.57. The minimum absolute atomic E-state index is 0.0205. The molecule has 5 rings (SSSR count). The first kappa shape index (κ1) is 19.8. The lowest BCUT2D eigenvalue weighted by Crippen LogP contribution is -2.29. The molecule has 3 aromatic rings. The standard InChI is InChI=1S/C26H26N2O3/c29-16-20-13-18(24-4-2-1-3-23(24)17-5-6-17)7-8-22(20)19-10-12-28(15-19)26(31)25-14-21(30)9-11-27-25/h1-4,7-9,11,13-14,17,19,29H,5-6,10,12,15-16H2,(H,27,30). The van der Waals surface area contributed by atoms with Crippen LogP contribution in [0.4, 0.5) is 0 Å². The van der Waals surface area contributed by atoms with Gasteiger partial charge in [-0.3, -0.25) is 9.78 Å². The van der Waals surface area contributed by atoms with Crippen LogP contribution in [0.5, 0.6) is 5.75 Å². The molecule has 2 heterocycles. The third kappa shape index (κ3) is 3.93. The molecule has 2 fully saturated rings. The number of amides is 1. The van der Waals surface area contributed by atoms with Gasteiger partial charge >= 0.3 is 0 Å². The summed E-state index contributed by atoms with van der Waals surface area (Å²) < 4.78 is 0. The summed E-state index contributed by atoms with van der Waals surface area (Å²) in [6, 6.07) is 17.8. The number of rotatable bonds is 5.